The van der Waals surface area contributed by atoms with Crippen molar-refractivity contribution >= 4 is 0 Å². The molecule has 0 bridgehead atoms. The van der Waals surface area contributed by atoms with Crippen LogP contribution in [0.2, 0.25) is 0 Å². The van der Waals surface area contributed by atoms with Crippen LogP contribution in [0.1, 0.15) is 75.7 Å². The lowest BCUT2D eigenvalue weighted by atomic mass is 9.45. The molecular weight excluding hydrogens is 296 g/mol. The normalized spacial score (nSPS) is 49.9. The van der Waals surface area contributed by atoms with Gasteiger partial charge >= 0.3 is 0 Å². The highest BCUT2D eigenvalue weighted by Gasteiger charge is 2.59. The van der Waals surface area contributed by atoms with Crippen molar-refractivity contribution in [3.63, 3.8) is 0 Å². The van der Waals surface area contributed by atoms with E-state index in [2.05, 4.69) is 31.0 Å². The number of hydrogen-bond donors (Lipinski definition) is 2. The first kappa shape index (κ1) is 15.4. The van der Waals surface area contributed by atoms with Crippen LogP contribution in [-0.2, 0) is 11.8 Å². The Labute approximate surface area is 145 Å². The summed E-state index contributed by atoms with van der Waals surface area (Å²) < 4.78 is 0. The second kappa shape index (κ2) is 4.87. The average molecular weight is 329 g/mol. The van der Waals surface area contributed by atoms with Crippen molar-refractivity contribution in [2.45, 2.75) is 83.7 Å². The van der Waals surface area contributed by atoms with Crippen LogP contribution in [0, 0.1) is 36.0 Å². The molecule has 5 rings (SSSR count). The molecule has 1 aromatic rings. The molecule has 0 unspecified atom stereocenters. The van der Waals surface area contributed by atoms with E-state index in [9.17, 15) is 5.11 Å². The first-order valence-corrected chi connectivity index (χ1v) is 10.2. The summed E-state index contributed by atoms with van der Waals surface area (Å²) in [7, 11) is 0. The van der Waals surface area contributed by atoms with E-state index in [1.54, 1.807) is 5.56 Å². The number of aryl methyl sites for hydroxylation is 1. The SMILES string of the molecule is Cc1[nH]nc2c1[C@@]1(C)CC[C@H]3[C@H](CC[C@H]4C[C@@H](O)CC[C@@]43C)[C@@H]1C2. The van der Waals surface area contributed by atoms with Crippen molar-refractivity contribution in [3.8, 4) is 0 Å². The molecule has 0 saturated heterocycles. The highest BCUT2D eigenvalue weighted by Crippen LogP contribution is 2.65. The molecule has 0 aliphatic heterocycles. The van der Waals surface area contributed by atoms with Gasteiger partial charge in [-0.25, -0.2) is 0 Å². The Balaban J connectivity index is 1.50. The summed E-state index contributed by atoms with van der Waals surface area (Å²) in [5.74, 6) is 3.29. The van der Waals surface area contributed by atoms with Gasteiger partial charge in [0.2, 0.25) is 0 Å². The maximum absolute atomic E-state index is 10.2. The molecule has 4 aliphatic carbocycles. The zero-order valence-electron chi connectivity index (χ0n) is 15.4. The number of aromatic amines is 1. The molecular formula is C21H32N2O. The molecule has 7 atom stereocenters. The zero-order chi connectivity index (χ0) is 16.7. The van der Waals surface area contributed by atoms with Gasteiger partial charge in [-0.15, -0.1) is 0 Å². The Bertz CT molecular complexity index is 667. The average Bonchev–Trinajstić information content (AvgIpc) is 3.06. The highest BCUT2D eigenvalue weighted by molar-refractivity contribution is 5.40. The van der Waals surface area contributed by atoms with Crippen molar-refractivity contribution in [2.24, 2.45) is 29.1 Å². The molecule has 0 amide bonds. The number of nitrogens with zero attached hydrogens (tertiary/aromatic N) is 1. The minimum absolute atomic E-state index is 0.0347. The lowest BCUT2D eigenvalue weighted by molar-refractivity contribution is -0.111. The summed E-state index contributed by atoms with van der Waals surface area (Å²) in [4.78, 5) is 0. The maximum Gasteiger partial charge on any atom is 0.0665 e. The van der Waals surface area contributed by atoms with Gasteiger partial charge in [-0.3, -0.25) is 5.10 Å². The molecule has 3 nitrogen and oxygen atoms in total. The van der Waals surface area contributed by atoms with Crippen LogP contribution in [-0.4, -0.2) is 21.4 Å². The lowest BCUT2D eigenvalue weighted by Crippen LogP contribution is -2.54. The van der Waals surface area contributed by atoms with Crippen LogP contribution in [0.4, 0.5) is 0 Å². The third kappa shape index (κ3) is 1.80. The molecule has 4 aliphatic rings. The number of rotatable bonds is 0. The molecule has 1 aromatic heterocycles. The van der Waals surface area contributed by atoms with Gasteiger partial charge in [0, 0.05) is 11.3 Å². The van der Waals surface area contributed by atoms with E-state index in [1.165, 1.54) is 49.9 Å². The van der Waals surface area contributed by atoms with Gasteiger partial charge in [0.05, 0.1) is 11.8 Å². The summed E-state index contributed by atoms with van der Waals surface area (Å²) in [6, 6.07) is 0. The van der Waals surface area contributed by atoms with Gasteiger partial charge in [-0.2, -0.15) is 5.10 Å². The summed E-state index contributed by atoms with van der Waals surface area (Å²) >= 11 is 0. The van der Waals surface area contributed by atoms with Crippen molar-refractivity contribution < 1.29 is 5.11 Å². The molecule has 3 heteroatoms. The van der Waals surface area contributed by atoms with Crippen LogP contribution in [0.25, 0.3) is 0 Å². The third-order valence-electron chi connectivity index (χ3n) is 9.03. The van der Waals surface area contributed by atoms with Crippen LogP contribution >= 0.6 is 0 Å². The predicted molar refractivity (Wildman–Crippen MR) is 94.8 cm³/mol. The fraction of sp³-hybridized carbons (Fsp3) is 0.857. The Kier molecular flexibility index (Phi) is 3.13. The summed E-state index contributed by atoms with van der Waals surface area (Å²) in [6.07, 6.45) is 9.92. The van der Waals surface area contributed by atoms with E-state index in [0.29, 0.717) is 10.8 Å². The van der Waals surface area contributed by atoms with Crippen LogP contribution in [0.15, 0.2) is 0 Å². The van der Waals surface area contributed by atoms with E-state index in [-0.39, 0.29) is 6.10 Å². The standard InChI is InChI=1S/C21H32N2O/c1-12-19-18(23-22-12)11-17-15-5-4-13-10-14(24)6-8-20(13,2)16(15)7-9-21(17,19)3/h13-17,24H,4-11H2,1-3H3,(H,22,23)/t13-,14-,15-,16-,17-,20-,21-/m0/s1. The molecule has 132 valence electrons. The molecule has 1 heterocycles. The maximum atomic E-state index is 10.2. The molecule has 0 spiro atoms. The van der Waals surface area contributed by atoms with E-state index in [4.69, 9.17) is 0 Å². The highest BCUT2D eigenvalue weighted by atomic mass is 16.3. The van der Waals surface area contributed by atoms with E-state index >= 15 is 0 Å². The quantitative estimate of drug-likeness (QED) is 0.752. The van der Waals surface area contributed by atoms with Crippen molar-refractivity contribution in [1.29, 1.82) is 0 Å². The Morgan fingerprint density at radius 3 is 2.75 bits per heavy atom. The second-order valence-electron chi connectivity index (χ2n) is 9.92. The van der Waals surface area contributed by atoms with Gasteiger partial charge in [-0.05, 0) is 92.8 Å². The smallest absolute Gasteiger partial charge is 0.0665 e. The number of aliphatic hydroxyl groups excluding tert-OH is 1. The Morgan fingerprint density at radius 1 is 1.08 bits per heavy atom. The van der Waals surface area contributed by atoms with E-state index < -0.39 is 0 Å². The number of aromatic nitrogens is 2. The van der Waals surface area contributed by atoms with Crippen molar-refractivity contribution in [3.05, 3.63) is 17.0 Å². The largest absolute Gasteiger partial charge is 0.393 e. The van der Waals surface area contributed by atoms with Crippen LogP contribution < -0.4 is 0 Å². The predicted octanol–water partition coefficient (Wildman–Crippen LogP) is 4.14. The van der Waals surface area contributed by atoms with Gasteiger partial charge in [0.25, 0.3) is 0 Å². The van der Waals surface area contributed by atoms with Gasteiger partial charge in [-0.1, -0.05) is 13.8 Å². The molecule has 0 aromatic carbocycles. The monoisotopic (exact) mass is 328 g/mol. The molecule has 3 fully saturated rings. The van der Waals surface area contributed by atoms with Crippen LogP contribution in [0.3, 0.4) is 0 Å². The summed E-state index contributed by atoms with van der Waals surface area (Å²) in [5.41, 5.74) is 5.08. The Morgan fingerprint density at radius 2 is 1.92 bits per heavy atom. The fourth-order valence-electron chi connectivity index (χ4n) is 7.84. The van der Waals surface area contributed by atoms with Gasteiger partial charge in [0.15, 0.2) is 0 Å². The van der Waals surface area contributed by atoms with E-state index in [0.717, 1.165) is 36.5 Å². The number of nitrogens with one attached hydrogen (secondary N) is 1. The first-order valence-electron chi connectivity index (χ1n) is 10.2. The third-order valence-corrected chi connectivity index (χ3v) is 9.03. The fourth-order valence-corrected chi connectivity index (χ4v) is 7.84. The second-order valence-corrected chi connectivity index (χ2v) is 9.92. The minimum Gasteiger partial charge on any atom is -0.393 e. The number of aliphatic hydroxyl groups is 1. The topological polar surface area (TPSA) is 48.9 Å². The van der Waals surface area contributed by atoms with Crippen LogP contribution in [0.5, 0.6) is 0 Å². The van der Waals surface area contributed by atoms with Crippen molar-refractivity contribution in [1.82, 2.24) is 10.2 Å². The number of hydrogen-bond acceptors (Lipinski definition) is 2. The minimum atomic E-state index is -0.0347. The molecule has 0 radical (unpaired) electrons. The Hall–Kier alpha value is -0.830. The molecule has 24 heavy (non-hydrogen) atoms. The van der Waals surface area contributed by atoms with Gasteiger partial charge < -0.3 is 5.11 Å². The number of fused-ring (bicyclic) bond motifs is 7. The lowest BCUT2D eigenvalue weighted by Gasteiger charge is -2.60. The summed E-state index contributed by atoms with van der Waals surface area (Å²) in [5, 5.41) is 18.1. The number of H-pyrrole nitrogens is 1. The summed E-state index contributed by atoms with van der Waals surface area (Å²) in [6.45, 7) is 7.32. The zero-order valence-corrected chi connectivity index (χ0v) is 15.4. The van der Waals surface area contributed by atoms with E-state index in [1.807, 2.05) is 0 Å². The first-order chi connectivity index (χ1) is 11.4. The van der Waals surface area contributed by atoms with Gasteiger partial charge in [0.1, 0.15) is 0 Å². The van der Waals surface area contributed by atoms with Crippen molar-refractivity contribution in [2.75, 3.05) is 0 Å². The molecule has 3 saturated carbocycles. The molecule has 2 N–H and O–H groups in total.